The van der Waals surface area contributed by atoms with E-state index >= 15 is 0 Å². The average Bonchev–Trinajstić information content (AvgIpc) is 2.28. The Morgan fingerprint density at radius 2 is 2.12 bits per heavy atom. The molecule has 1 saturated heterocycles. The van der Waals surface area contributed by atoms with Gasteiger partial charge in [0.05, 0.1) is 12.5 Å². The molecule has 0 bridgehead atoms. The van der Waals surface area contributed by atoms with E-state index in [1.165, 1.54) is 12.1 Å². The van der Waals surface area contributed by atoms with Gasteiger partial charge in [-0.3, -0.25) is 9.59 Å². The van der Waals surface area contributed by atoms with Crippen molar-refractivity contribution in [1.82, 2.24) is 4.90 Å². The fourth-order valence-electron chi connectivity index (χ4n) is 2.08. The summed E-state index contributed by atoms with van der Waals surface area (Å²) in [6.07, 6.45) is 0.366. The van der Waals surface area contributed by atoms with E-state index in [0.29, 0.717) is 13.0 Å². The van der Waals surface area contributed by atoms with E-state index in [9.17, 15) is 14.0 Å². The third-order valence-electron chi connectivity index (χ3n) is 3.10. The van der Waals surface area contributed by atoms with Crippen LogP contribution in [0.5, 0.6) is 0 Å². The molecule has 1 aliphatic heterocycles. The second-order valence-electron chi connectivity index (χ2n) is 4.28. The molecule has 1 amide bonds. The van der Waals surface area contributed by atoms with Gasteiger partial charge in [-0.05, 0) is 24.6 Å². The monoisotopic (exact) mass is 235 g/mol. The first-order chi connectivity index (χ1) is 8.08. The average molecular weight is 235 g/mol. The van der Waals surface area contributed by atoms with E-state index in [4.69, 9.17) is 0 Å². The molecular weight excluding hydrogens is 221 g/mol. The number of hydrogen-bond donors (Lipinski definition) is 0. The maximum atomic E-state index is 13.1. The maximum absolute atomic E-state index is 13.1. The molecule has 1 atom stereocenters. The molecule has 90 valence electrons. The number of benzene rings is 1. The van der Waals surface area contributed by atoms with Crippen LogP contribution in [0, 0.1) is 5.82 Å². The number of nitrogens with zero attached hydrogens (tertiary/aromatic N) is 1. The molecule has 1 fully saturated rings. The molecule has 4 heteroatoms. The van der Waals surface area contributed by atoms with Crippen molar-refractivity contribution in [3.05, 3.63) is 35.6 Å². The van der Waals surface area contributed by atoms with Gasteiger partial charge in [0.2, 0.25) is 5.91 Å². The fourth-order valence-corrected chi connectivity index (χ4v) is 2.08. The predicted octanol–water partition coefficient (Wildman–Crippen LogP) is 2.08. The first-order valence-electron chi connectivity index (χ1n) is 5.64. The van der Waals surface area contributed by atoms with E-state index < -0.39 is 0 Å². The van der Waals surface area contributed by atoms with Crippen molar-refractivity contribution in [3.8, 4) is 0 Å². The summed E-state index contributed by atoms with van der Waals surface area (Å²) in [5.41, 5.74) is 0.757. The smallest absolute Gasteiger partial charge is 0.230 e. The minimum absolute atomic E-state index is 0.0160. The molecular formula is C13H14FNO2. The zero-order valence-electron chi connectivity index (χ0n) is 9.65. The van der Waals surface area contributed by atoms with Crippen LogP contribution in [-0.4, -0.2) is 23.1 Å². The molecule has 1 aromatic carbocycles. The van der Waals surface area contributed by atoms with Crippen molar-refractivity contribution in [2.75, 3.05) is 6.54 Å². The normalized spacial score (nSPS) is 18.4. The predicted molar refractivity (Wildman–Crippen MR) is 60.8 cm³/mol. The van der Waals surface area contributed by atoms with Gasteiger partial charge in [-0.2, -0.15) is 0 Å². The Morgan fingerprint density at radius 1 is 1.35 bits per heavy atom. The molecule has 2 rings (SSSR count). The van der Waals surface area contributed by atoms with Gasteiger partial charge in [0.1, 0.15) is 11.6 Å². The third kappa shape index (κ3) is 2.52. The molecule has 0 radical (unpaired) electrons. The molecule has 0 N–H and O–H groups in total. The number of rotatable bonds is 2. The molecule has 1 aliphatic rings. The van der Waals surface area contributed by atoms with Gasteiger partial charge in [-0.1, -0.05) is 12.1 Å². The maximum Gasteiger partial charge on any atom is 0.230 e. The number of hydrogen-bond acceptors (Lipinski definition) is 2. The van der Waals surface area contributed by atoms with Crippen LogP contribution < -0.4 is 0 Å². The summed E-state index contributed by atoms with van der Waals surface area (Å²) in [6.45, 7) is 2.28. The van der Waals surface area contributed by atoms with Gasteiger partial charge in [0.25, 0.3) is 0 Å². The molecule has 17 heavy (non-hydrogen) atoms. The highest BCUT2D eigenvalue weighted by Gasteiger charge is 2.28. The first kappa shape index (κ1) is 11.8. The van der Waals surface area contributed by atoms with Crippen LogP contribution in [0.1, 0.15) is 31.4 Å². The van der Waals surface area contributed by atoms with Crippen molar-refractivity contribution in [2.24, 2.45) is 0 Å². The summed E-state index contributed by atoms with van der Waals surface area (Å²) in [5.74, 6) is -0.495. The van der Waals surface area contributed by atoms with Crippen LogP contribution in [-0.2, 0) is 9.59 Å². The largest absolute Gasteiger partial charge is 0.335 e. The van der Waals surface area contributed by atoms with Gasteiger partial charge in [-0.15, -0.1) is 0 Å². The Labute approximate surface area is 99.2 Å². The highest BCUT2D eigenvalue weighted by atomic mass is 19.1. The second-order valence-corrected chi connectivity index (χ2v) is 4.28. The van der Waals surface area contributed by atoms with E-state index in [-0.39, 0.29) is 30.0 Å². The Bertz CT molecular complexity index is 458. The number of amides is 1. The molecule has 3 nitrogen and oxygen atoms in total. The highest BCUT2D eigenvalue weighted by molar-refractivity contribution is 6.00. The molecule has 0 saturated carbocycles. The molecule has 1 unspecified atom stereocenters. The van der Waals surface area contributed by atoms with Crippen molar-refractivity contribution >= 4 is 11.7 Å². The van der Waals surface area contributed by atoms with Gasteiger partial charge in [0, 0.05) is 13.0 Å². The second kappa shape index (κ2) is 4.65. The SMILES string of the molecule is CC(c1cccc(F)c1)N1CCC(=O)CC1=O. The first-order valence-corrected chi connectivity index (χ1v) is 5.64. The topological polar surface area (TPSA) is 37.4 Å². The summed E-state index contributed by atoms with van der Waals surface area (Å²) in [4.78, 5) is 24.5. The summed E-state index contributed by atoms with van der Waals surface area (Å²) in [6, 6.07) is 6.02. The van der Waals surface area contributed by atoms with Crippen LogP contribution in [0.3, 0.4) is 0 Å². The molecule has 0 aliphatic carbocycles. The lowest BCUT2D eigenvalue weighted by atomic mass is 10.0. The molecule has 1 heterocycles. The molecule has 0 aromatic heterocycles. The number of ketones is 1. The molecule has 1 aromatic rings. The van der Waals surface area contributed by atoms with Gasteiger partial charge in [-0.25, -0.2) is 4.39 Å². The van der Waals surface area contributed by atoms with E-state index in [2.05, 4.69) is 0 Å². The van der Waals surface area contributed by atoms with E-state index in [1.807, 2.05) is 6.92 Å². The Morgan fingerprint density at radius 3 is 2.76 bits per heavy atom. The Kier molecular flexibility index (Phi) is 3.22. The van der Waals surface area contributed by atoms with Gasteiger partial charge >= 0.3 is 0 Å². The van der Waals surface area contributed by atoms with Crippen molar-refractivity contribution in [3.63, 3.8) is 0 Å². The summed E-state index contributed by atoms with van der Waals surface area (Å²) >= 11 is 0. The minimum Gasteiger partial charge on any atom is -0.335 e. The van der Waals surface area contributed by atoms with Crippen LogP contribution in [0.4, 0.5) is 4.39 Å². The van der Waals surface area contributed by atoms with Crippen molar-refractivity contribution < 1.29 is 14.0 Å². The Hall–Kier alpha value is -1.71. The van der Waals surface area contributed by atoms with E-state index in [1.54, 1.807) is 17.0 Å². The van der Waals surface area contributed by atoms with Crippen LogP contribution >= 0.6 is 0 Å². The lowest BCUT2D eigenvalue weighted by Crippen LogP contribution is -2.40. The van der Waals surface area contributed by atoms with Crippen molar-refractivity contribution in [1.29, 1.82) is 0 Å². The highest BCUT2D eigenvalue weighted by Crippen LogP contribution is 2.24. The summed E-state index contributed by atoms with van der Waals surface area (Å²) in [7, 11) is 0. The standard InChI is InChI=1S/C13H14FNO2/c1-9(10-3-2-4-11(14)7-10)15-6-5-12(16)8-13(15)17/h2-4,7,9H,5-6,8H2,1H3. The Balaban J connectivity index is 2.17. The summed E-state index contributed by atoms with van der Waals surface area (Å²) in [5, 5.41) is 0. The van der Waals surface area contributed by atoms with Crippen LogP contribution in [0.25, 0.3) is 0 Å². The number of carbonyl (C=O) groups excluding carboxylic acids is 2. The zero-order valence-corrected chi connectivity index (χ0v) is 9.65. The number of piperidine rings is 1. The number of likely N-dealkylation sites (tertiary alicyclic amines) is 1. The van der Waals surface area contributed by atoms with Crippen molar-refractivity contribution in [2.45, 2.75) is 25.8 Å². The van der Waals surface area contributed by atoms with Gasteiger partial charge < -0.3 is 4.90 Å². The van der Waals surface area contributed by atoms with Crippen LogP contribution in [0.15, 0.2) is 24.3 Å². The minimum atomic E-state index is -0.310. The number of halogens is 1. The fraction of sp³-hybridized carbons (Fsp3) is 0.385. The lowest BCUT2D eigenvalue weighted by molar-refractivity contribution is -0.141. The third-order valence-corrected chi connectivity index (χ3v) is 3.10. The quantitative estimate of drug-likeness (QED) is 0.736. The number of carbonyl (C=O) groups is 2. The lowest BCUT2D eigenvalue weighted by Gasteiger charge is -2.32. The summed E-state index contributed by atoms with van der Waals surface area (Å²) < 4.78 is 13.1. The zero-order chi connectivity index (χ0) is 12.4. The molecule has 0 spiro atoms. The number of Topliss-reactive ketones (excluding diaryl/α,β-unsaturated/α-hetero) is 1. The van der Waals surface area contributed by atoms with E-state index in [0.717, 1.165) is 5.56 Å². The van der Waals surface area contributed by atoms with Crippen LogP contribution in [0.2, 0.25) is 0 Å². The van der Waals surface area contributed by atoms with Gasteiger partial charge in [0.15, 0.2) is 0 Å².